The molecule has 3 rings (SSSR count). The summed E-state index contributed by atoms with van der Waals surface area (Å²) in [6.07, 6.45) is 0. The second-order valence-corrected chi connectivity index (χ2v) is 7.62. The van der Waals surface area contributed by atoms with Gasteiger partial charge in [-0.2, -0.15) is 4.98 Å². The van der Waals surface area contributed by atoms with E-state index in [0.29, 0.717) is 10.9 Å². The molecule has 1 N–H and O–H groups in total. The van der Waals surface area contributed by atoms with Crippen molar-refractivity contribution in [2.45, 2.75) is 31.2 Å². The molecule has 24 heavy (non-hydrogen) atoms. The van der Waals surface area contributed by atoms with Crippen LogP contribution in [0.15, 0.2) is 40.0 Å². The largest absolute Gasteiger partial charge is 0.325 e. The summed E-state index contributed by atoms with van der Waals surface area (Å²) in [5.74, 6) is 0.456. The number of hydrogen-bond acceptors (Lipinski definition) is 5. The third-order valence-electron chi connectivity index (χ3n) is 3.36. The molecule has 1 amide bonds. The number of fused-ring (bicyclic) bond motifs is 1. The van der Waals surface area contributed by atoms with Crippen LogP contribution in [0.3, 0.4) is 0 Å². The van der Waals surface area contributed by atoms with Crippen molar-refractivity contribution in [2.24, 2.45) is 0 Å². The summed E-state index contributed by atoms with van der Waals surface area (Å²) in [5, 5.41) is 7.51. The van der Waals surface area contributed by atoms with E-state index >= 15 is 0 Å². The average molecular weight is 406 g/mol. The van der Waals surface area contributed by atoms with Crippen molar-refractivity contribution in [3.8, 4) is 0 Å². The Bertz CT molecular complexity index is 893. The number of anilines is 1. The Balaban J connectivity index is 1.72. The van der Waals surface area contributed by atoms with Gasteiger partial charge in [0.1, 0.15) is 0 Å². The van der Waals surface area contributed by atoms with E-state index in [2.05, 4.69) is 36.3 Å². The van der Waals surface area contributed by atoms with Crippen LogP contribution in [0.4, 0.5) is 5.69 Å². The van der Waals surface area contributed by atoms with Gasteiger partial charge >= 0.3 is 0 Å². The molecule has 2 heterocycles. The van der Waals surface area contributed by atoms with Gasteiger partial charge in [0.05, 0.1) is 5.25 Å². The maximum Gasteiger partial charge on any atom is 0.253 e. The van der Waals surface area contributed by atoms with Gasteiger partial charge in [0.2, 0.25) is 11.1 Å². The van der Waals surface area contributed by atoms with Gasteiger partial charge in [-0.05, 0) is 51.1 Å². The molecule has 0 radical (unpaired) electrons. The van der Waals surface area contributed by atoms with Gasteiger partial charge in [0.15, 0.2) is 0 Å². The summed E-state index contributed by atoms with van der Waals surface area (Å²) in [6, 6.07) is 9.40. The zero-order chi connectivity index (χ0) is 17.3. The highest BCUT2D eigenvalue weighted by Crippen LogP contribution is 2.22. The molecule has 3 aromatic rings. The van der Waals surface area contributed by atoms with Crippen LogP contribution in [0.5, 0.6) is 0 Å². The molecular weight excluding hydrogens is 390 g/mol. The van der Waals surface area contributed by atoms with E-state index in [-0.39, 0.29) is 11.2 Å². The zero-order valence-corrected chi connectivity index (χ0v) is 15.8. The summed E-state index contributed by atoms with van der Waals surface area (Å²) in [5.41, 5.74) is 2.61. The predicted molar refractivity (Wildman–Crippen MR) is 98.3 cm³/mol. The van der Waals surface area contributed by atoms with E-state index in [0.717, 1.165) is 21.5 Å². The fraction of sp³-hybridized carbons (Fsp3) is 0.250. The number of thioether (sulfide) groups is 1. The average Bonchev–Trinajstić information content (AvgIpc) is 2.92. The van der Waals surface area contributed by atoms with Crippen LogP contribution < -0.4 is 5.32 Å². The van der Waals surface area contributed by atoms with Gasteiger partial charge in [-0.3, -0.25) is 4.79 Å². The highest BCUT2D eigenvalue weighted by atomic mass is 79.9. The van der Waals surface area contributed by atoms with Crippen LogP contribution in [0.1, 0.15) is 18.3 Å². The normalized spacial score (nSPS) is 12.3. The topological polar surface area (TPSA) is 72.2 Å². The minimum absolute atomic E-state index is 0.0953. The van der Waals surface area contributed by atoms with Crippen molar-refractivity contribution >= 4 is 45.1 Å². The first-order valence-electron chi connectivity index (χ1n) is 7.36. The van der Waals surface area contributed by atoms with Crippen molar-refractivity contribution in [3.05, 3.63) is 46.2 Å². The molecule has 0 saturated heterocycles. The SMILES string of the molecule is Cc1cc(C)n2nc(SC(C)C(=O)Nc3ccc(Br)cc3)nc2n1. The number of carbonyl (C=O) groups is 1. The Morgan fingerprint density at radius 3 is 2.67 bits per heavy atom. The summed E-state index contributed by atoms with van der Waals surface area (Å²) in [4.78, 5) is 21.1. The molecule has 6 nitrogen and oxygen atoms in total. The van der Waals surface area contributed by atoms with Gasteiger partial charge in [-0.15, -0.1) is 5.10 Å². The molecule has 1 atom stereocenters. The second kappa shape index (κ2) is 6.90. The quantitative estimate of drug-likeness (QED) is 0.670. The number of carbonyl (C=O) groups excluding carboxylic acids is 1. The van der Waals surface area contributed by atoms with E-state index in [1.807, 2.05) is 51.1 Å². The molecule has 0 aliphatic rings. The number of nitrogens with one attached hydrogen (secondary N) is 1. The van der Waals surface area contributed by atoms with E-state index in [1.165, 1.54) is 11.8 Å². The first kappa shape index (κ1) is 16.9. The van der Waals surface area contributed by atoms with Crippen LogP contribution in [0, 0.1) is 13.8 Å². The van der Waals surface area contributed by atoms with Crippen molar-refractivity contribution in [1.82, 2.24) is 19.6 Å². The number of aryl methyl sites for hydroxylation is 2. The van der Waals surface area contributed by atoms with Gasteiger partial charge < -0.3 is 5.32 Å². The number of aromatic nitrogens is 4. The molecule has 124 valence electrons. The Morgan fingerprint density at radius 1 is 1.25 bits per heavy atom. The molecule has 0 bridgehead atoms. The molecule has 0 fully saturated rings. The predicted octanol–water partition coefficient (Wildman–Crippen LogP) is 3.62. The Labute approximate surface area is 152 Å². The number of amides is 1. The van der Waals surface area contributed by atoms with E-state index in [4.69, 9.17) is 0 Å². The first-order chi connectivity index (χ1) is 11.4. The summed E-state index contributed by atoms with van der Waals surface area (Å²) in [7, 11) is 0. The fourth-order valence-corrected chi connectivity index (χ4v) is 3.20. The molecule has 0 saturated carbocycles. The molecule has 1 unspecified atom stereocenters. The number of halogens is 1. The number of hydrogen-bond donors (Lipinski definition) is 1. The minimum atomic E-state index is -0.326. The van der Waals surface area contributed by atoms with Crippen LogP contribution in [0.25, 0.3) is 5.78 Å². The maximum absolute atomic E-state index is 12.3. The Hall–Kier alpha value is -1.93. The van der Waals surface area contributed by atoms with E-state index < -0.39 is 0 Å². The monoisotopic (exact) mass is 405 g/mol. The van der Waals surface area contributed by atoms with Crippen LogP contribution in [0.2, 0.25) is 0 Å². The molecular formula is C16H16BrN5OS. The number of nitrogens with zero attached hydrogens (tertiary/aromatic N) is 4. The lowest BCUT2D eigenvalue weighted by molar-refractivity contribution is -0.115. The number of rotatable bonds is 4. The summed E-state index contributed by atoms with van der Waals surface area (Å²) in [6.45, 7) is 5.70. The molecule has 8 heteroatoms. The van der Waals surface area contributed by atoms with Gasteiger partial charge in [0, 0.05) is 21.5 Å². The van der Waals surface area contributed by atoms with Crippen molar-refractivity contribution in [1.29, 1.82) is 0 Å². The highest BCUT2D eigenvalue weighted by Gasteiger charge is 2.18. The zero-order valence-electron chi connectivity index (χ0n) is 13.4. The Kier molecular flexibility index (Phi) is 4.86. The molecule has 2 aromatic heterocycles. The van der Waals surface area contributed by atoms with Crippen LogP contribution >= 0.6 is 27.7 Å². The smallest absolute Gasteiger partial charge is 0.253 e. The lowest BCUT2D eigenvalue weighted by atomic mass is 10.3. The van der Waals surface area contributed by atoms with Crippen LogP contribution in [-0.2, 0) is 4.79 Å². The minimum Gasteiger partial charge on any atom is -0.325 e. The van der Waals surface area contributed by atoms with Gasteiger partial charge in [0.25, 0.3) is 5.78 Å². The second-order valence-electron chi connectivity index (χ2n) is 5.40. The molecule has 0 aliphatic heterocycles. The molecule has 1 aromatic carbocycles. The van der Waals surface area contributed by atoms with E-state index in [9.17, 15) is 4.79 Å². The van der Waals surface area contributed by atoms with E-state index in [1.54, 1.807) is 4.52 Å². The molecule has 0 spiro atoms. The van der Waals surface area contributed by atoms with Crippen molar-refractivity contribution < 1.29 is 4.79 Å². The standard InChI is InChI=1S/C16H16BrN5OS/c1-9-8-10(2)22-15(18-9)20-16(21-22)24-11(3)14(23)19-13-6-4-12(17)5-7-13/h4-8,11H,1-3H3,(H,19,23). The maximum atomic E-state index is 12.3. The van der Waals surface area contributed by atoms with Crippen molar-refractivity contribution in [2.75, 3.05) is 5.32 Å². The van der Waals surface area contributed by atoms with Gasteiger partial charge in [-0.1, -0.05) is 27.7 Å². The van der Waals surface area contributed by atoms with Crippen LogP contribution in [-0.4, -0.2) is 30.7 Å². The summed E-state index contributed by atoms with van der Waals surface area (Å²) >= 11 is 4.68. The third-order valence-corrected chi connectivity index (χ3v) is 4.84. The highest BCUT2D eigenvalue weighted by molar-refractivity contribution is 9.10. The van der Waals surface area contributed by atoms with Crippen molar-refractivity contribution in [3.63, 3.8) is 0 Å². The molecule has 0 aliphatic carbocycles. The number of benzene rings is 1. The van der Waals surface area contributed by atoms with Gasteiger partial charge in [-0.25, -0.2) is 9.50 Å². The lowest BCUT2D eigenvalue weighted by Gasteiger charge is -2.10. The third kappa shape index (κ3) is 3.76. The fourth-order valence-electron chi connectivity index (χ4n) is 2.19. The lowest BCUT2D eigenvalue weighted by Crippen LogP contribution is -2.22. The Morgan fingerprint density at radius 2 is 1.96 bits per heavy atom. The summed E-state index contributed by atoms with van der Waals surface area (Å²) < 4.78 is 2.66. The first-order valence-corrected chi connectivity index (χ1v) is 9.04.